The Labute approximate surface area is 137 Å². The Morgan fingerprint density at radius 2 is 1.95 bits per heavy atom. The highest BCUT2D eigenvalue weighted by Gasteiger charge is 2.33. The number of allylic oxidation sites excluding steroid dienone is 1. The summed E-state index contributed by atoms with van der Waals surface area (Å²) < 4.78 is 0. The summed E-state index contributed by atoms with van der Waals surface area (Å²) in [5, 5.41) is 2.84. The number of carbonyl (C=O) groups is 3. The van der Waals surface area contributed by atoms with Crippen LogP contribution in [-0.2, 0) is 9.59 Å². The third kappa shape index (κ3) is 3.29. The van der Waals surface area contributed by atoms with Gasteiger partial charge >= 0.3 is 0 Å². The number of nitrogens with zero attached hydrogens (tertiary/aromatic N) is 1. The number of hydrogen-bond acceptors (Lipinski definition) is 4. The monoisotopic (exact) mass is 334 g/mol. The predicted octanol–water partition coefficient (Wildman–Crippen LogP) is 1.88. The topological polar surface area (TPSA) is 66.5 Å². The number of halogens is 1. The van der Waals surface area contributed by atoms with E-state index in [0.717, 1.165) is 11.0 Å². The van der Waals surface area contributed by atoms with Crippen LogP contribution in [0, 0.1) is 0 Å². The molecule has 7 heteroatoms. The van der Waals surface area contributed by atoms with Crippen molar-refractivity contribution in [3.8, 4) is 0 Å². The maximum atomic E-state index is 12.2. The van der Waals surface area contributed by atoms with Crippen molar-refractivity contribution in [2.24, 2.45) is 0 Å². The van der Waals surface area contributed by atoms with E-state index in [1.54, 1.807) is 12.1 Å². The Hall–Kier alpha value is -2.31. The number of amides is 2. The molecule has 0 atom stereocenters. The lowest BCUT2D eigenvalue weighted by molar-refractivity contribution is -0.128. The van der Waals surface area contributed by atoms with Gasteiger partial charge in [-0.05, 0) is 36.5 Å². The lowest BCUT2D eigenvalue weighted by atomic mass is 10.1. The highest BCUT2D eigenvalue weighted by atomic mass is 35.5. The van der Waals surface area contributed by atoms with Gasteiger partial charge in [-0.1, -0.05) is 17.7 Å². The average Bonchev–Trinajstić information content (AvgIpc) is 2.48. The number of ketones is 1. The summed E-state index contributed by atoms with van der Waals surface area (Å²) in [4.78, 5) is 37.4. The standard InChI is InChI=1S/C15H11ClN2O3S/c1-2-7-18-14(21)11(13(20)17-15(18)22)8-12(19)9-3-5-10(16)6-4-9/h2-6,8H,1,7H2,(H,17,20,22). The quantitative estimate of drug-likeness (QED) is 0.300. The number of carbonyl (C=O) groups excluding carboxylic acids is 3. The number of rotatable bonds is 4. The second-order valence-electron chi connectivity index (χ2n) is 4.39. The second-order valence-corrected chi connectivity index (χ2v) is 5.22. The van der Waals surface area contributed by atoms with Crippen LogP contribution in [0.5, 0.6) is 0 Å². The molecule has 0 aliphatic carbocycles. The lowest BCUT2D eigenvalue weighted by Gasteiger charge is -2.27. The first-order valence-corrected chi connectivity index (χ1v) is 7.02. The van der Waals surface area contributed by atoms with Gasteiger partial charge in [-0.15, -0.1) is 6.58 Å². The molecule has 0 unspecified atom stereocenters. The number of thiocarbonyl (C=S) groups is 1. The summed E-state index contributed by atoms with van der Waals surface area (Å²) in [5.74, 6) is -1.80. The Kier molecular flexibility index (Phi) is 4.85. The maximum Gasteiger partial charge on any atom is 0.266 e. The van der Waals surface area contributed by atoms with Crippen molar-refractivity contribution in [2.75, 3.05) is 6.54 Å². The van der Waals surface area contributed by atoms with Crippen LogP contribution in [0.15, 0.2) is 48.6 Å². The molecule has 1 saturated heterocycles. The van der Waals surface area contributed by atoms with Crippen LogP contribution in [0.2, 0.25) is 5.02 Å². The van der Waals surface area contributed by atoms with Gasteiger partial charge in [0.15, 0.2) is 10.9 Å². The van der Waals surface area contributed by atoms with Crippen molar-refractivity contribution in [2.45, 2.75) is 0 Å². The van der Waals surface area contributed by atoms with E-state index in [1.807, 2.05) is 0 Å². The zero-order chi connectivity index (χ0) is 16.3. The molecule has 22 heavy (non-hydrogen) atoms. The van der Waals surface area contributed by atoms with Gasteiger partial charge in [0.25, 0.3) is 11.8 Å². The van der Waals surface area contributed by atoms with Crippen molar-refractivity contribution >= 4 is 46.5 Å². The van der Waals surface area contributed by atoms with E-state index >= 15 is 0 Å². The minimum absolute atomic E-state index is 0.00834. The lowest BCUT2D eigenvalue weighted by Crippen LogP contribution is -2.54. The Balaban J connectivity index is 2.32. The molecule has 1 aliphatic heterocycles. The highest BCUT2D eigenvalue weighted by molar-refractivity contribution is 7.80. The summed E-state index contributed by atoms with van der Waals surface area (Å²) in [6.45, 7) is 3.66. The third-order valence-electron chi connectivity index (χ3n) is 2.90. The minimum Gasteiger partial charge on any atom is -0.298 e. The summed E-state index contributed by atoms with van der Waals surface area (Å²) in [6, 6.07) is 6.13. The fourth-order valence-electron chi connectivity index (χ4n) is 1.82. The normalized spacial score (nSPS) is 16.7. The zero-order valence-electron chi connectivity index (χ0n) is 11.3. The summed E-state index contributed by atoms with van der Waals surface area (Å²) >= 11 is 10.7. The van der Waals surface area contributed by atoms with E-state index in [9.17, 15) is 14.4 Å². The molecule has 2 amide bonds. The fourth-order valence-corrected chi connectivity index (χ4v) is 2.19. The number of benzene rings is 1. The molecular formula is C15H11ClN2O3S. The molecule has 1 N–H and O–H groups in total. The van der Waals surface area contributed by atoms with Gasteiger partial charge in [-0.25, -0.2) is 0 Å². The van der Waals surface area contributed by atoms with Gasteiger partial charge in [0.1, 0.15) is 5.57 Å². The van der Waals surface area contributed by atoms with Crippen LogP contribution in [0.1, 0.15) is 10.4 Å². The first-order valence-electron chi connectivity index (χ1n) is 6.23. The molecule has 1 aliphatic rings. The fraction of sp³-hybridized carbons (Fsp3) is 0.0667. The average molecular weight is 335 g/mol. The van der Waals surface area contributed by atoms with Crippen LogP contribution in [0.25, 0.3) is 0 Å². The summed E-state index contributed by atoms with van der Waals surface area (Å²) in [6.07, 6.45) is 2.47. The van der Waals surface area contributed by atoms with Gasteiger partial charge in [0.05, 0.1) is 0 Å². The molecule has 0 aromatic heterocycles. The van der Waals surface area contributed by atoms with Gasteiger partial charge in [0, 0.05) is 23.2 Å². The Morgan fingerprint density at radius 3 is 2.55 bits per heavy atom. The van der Waals surface area contributed by atoms with Crippen molar-refractivity contribution in [3.05, 3.63) is 59.2 Å². The first kappa shape index (κ1) is 16.1. The molecule has 0 spiro atoms. The minimum atomic E-state index is -0.697. The van der Waals surface area contributed by atoms with E-state index in [-0.39, 0.29) is 17.2 Å². The van der Waals surface area contributed by atoms with Crippen LogP contribution < -0.4 is 5.32 Å². The number of nitrogens with one attached hydrogen (secondary N) is 1. The van der Waals surface area contributed by atoms with Gasteiger partial charge in [0.2, 0.25) is 0 Å². The van der Waals surface area contributed by atoms with E-state index in [1.165, 1.54) is 18.2 Å². The van der Waals surface area contributed by atoms with E-state index in [4.69, 9.17) is 23.8 Å². The number of hydrogen-bond donors (Lipinski definition) is 1. The third-order valence-corrected chi connectivity index (χ3v) is 3.48. The van der Waals surface area contributed by atoms with E-state index in [2.05, 4.69) is 11.9 Å². The molecular weight excluding hydrogens is 324 g/mol. The van der Waals surface area contributed by atoms with E-state index in [0.29, 0.717) is 10.6 Å². The van der Waals surface area contributed by atoms with Gasteiger partial charge in [-0.2, -0.15) is 0 Å². The Morgan fingerprint density at radius 1 is 1.32 bits per heavy atom. The Bertz CT molecular complexity index is 710. The molecule has 2 rings (SSSR count). The van der Waals surface area contributed by atoms with E-state index < -0.39 is 17.6 Å². The molecule has 0 saturated carbocycles. The molecule has 0 radical (unpaired) electrons. The predicted molar refractivity (Wildman–Crippen MR) is 86.5 cm³/mol. The van der Waals surface area contributed by atoms with Crippen molar-refractivity contribution in [3.63, 3.8) is 0 Å². The van der Waals surface area contributed by atoms with Crippen LogP contribution in [0.4, 0.5) is 0 Å². The van der Waals surface area contributed by atoms with Crippen molar-refractivity contribution in [1.29, 1.82) is 0 Å². The summed E-state index contributed by atoms with van der Waals surface area (Å²) in [7, 11) is 0. The second kappa shape index (κ2) is 6.64. The van der Waals surface area contributed by atoms with Crippen LogP contribution >= 0.6 is 23.8 Å². The van der Waals surface area contributed by atoms with Crippen molar-refractivity contribution < 1.29 is 14.4 Å². The first-order chi connectivity index (χ1) is 10.4. The van der Waals surface area contributed by atoms with Crippen LogP contribution in [0.3, 0.4) is 0 Å². The molecule has 5 nitrogen and oxygen atoms in total. The molecule has 1 fully saturated rings. The molecule has 1 aromatic rings. The SMILES string of the molecule is C=CCN1C(=O)C(=CC(=O)c2ccc(Cl)cc2)C(=O)NC1=S. The van der Waals surface area contributed by atoms with Gasteiger partial charge < -0.3 is 0 Å². The largest absolute Gasteiger partial charge is 0.298 e. The molecule has 0 bridgehead atoms. The molecule has 1 heterocycles. The van der Waals surface area contributed by atoms with Crippen LogP contribution in [-0.4, -0.2) is 34.2 Å². The molecule has 112 valence electrons. The van der Waals surface area contributed by atoms with Crippen molar-refractivity contribution in [1.82, 2.24) is 10.2 Å². The van der Waals surface area contributed by atoms with Gasteiger partial charge in [-0.3, -0.25) is 24.6 Å². The smallest absolute Gasteiger partial charge is 0.266 e. The zero-order valence-corrected chi connectivity index (χ0v) is 12.9. The molecule has 1 aromatic carbocycles. The highest BCUT2D eigenvalue weighted by Crippen LogP contribution is 2.14. The maximum absolute atomic E-state index is 12.2. The summed E-state index contributed by atoms with van der Waals surface area (Å²) in [5.41, 5.74) is 0.0521.